The lowest BCUT2D eigenvalue weighted by Crippen LogP contribution is -2.44. The van der Waals surface area contributed by atoms with Crippen LogP contribution in [0.5, 0.6) is 0 Å². The van der Waals surface area contributed by atoms with E-state index < -0.39 is 12.1 Å². The van der Waals surface area contributed by atoms with Crippen molar-refractivity contribution in [1.82, 2.24) is 9.80 Å². The van der Waals surface area contributed by atoms with Gasteiger partial charge in [-0.05, 0) is 39.0 Å². The normalized spacial score (nSPS) is 24.8. The average molecular weight is 370 g/mol. The van der Waals surface area contributed by atoms with Crippen LogP contribution in [0, 0.1) is 0 Å². The number of rotatable bonds is 7. The van der Waals surface area contributed by atoms with E-state index in [-0.39, 0.29) is 30.5 Å². The summed E-state index contributed by atoms with van der Waals surface area (Å²) in [6.45, 7) is 5.13. The summed E-state index contributed by atoms with van der Waals surface area (Å²) in [6.07, 6.45) is 3.57. The van der Waals surface area contributed by atoms with Crippen LogP contribution in [0.2, 0.25) is 0 Å². The molecule has 0 aliphatic carbocycles. The molecule has 2 aliphatic heterocycles. The molecule has 0 bridgehead atoms. The van der Waals surface area contributed by atoms with E-state index in [2.05, 4.69) is 0 Å². The Morgan fingerprint density at radius 1 is 1.23 bits per heavy atom. The van der Waals surface area contributed by atoms with Gasteiger partial charge in [-0.2, -0.15) is 0 Å². The van der Waals surface area contributed by atoms with Gasteiger partial charge in [0.25, 0.3) is 5.91 Å². The van der Waals surface area contributed by atoms with Crippen LogP contribution >= 0.6 is 0 Å². The highest BCUT2D eigenvalue weighted by atomic mass is 16.5. The number of hydrogen-bond acceptors (Lipinski definition) is 5. The molecule has 1 N–H and O–H groups in total. The van der Waals surface area contributed by atoms with Crippen molar-refractivity contribution in [1.29, 1.82) is 0 Å². The van der Waals surface area contributed by atoms with Crippen molar-refractivity contribution < 1.29 is 29.0 Å². The average Bonchev–Trinajstić information content (AvgIpc) is 3.00. The van der Waals surface area contributed by atoms with Gasteiger partial charge in [0.1, 0.15) is 12.6 Å². The standard InChI is InChI=1S/C18H30N2O6/c1-13(26-12-16-6-4-10-25-16)18(24)19-8-3-5-15(7-9-19)20(14(2)21)11-17(22)23/h13,15-16H,3-12H2,1-2H3,(H,22,23). The molecular formula is C18H30N2O6. The molecule has 2 rings (SSSR count). The molecular weight excluding hydrogens is 340 g/mol. The van der Waals surface area contributed by atoms with Gasteiger partial charge in [0, 0.05) is 32.7 Å². The van der Waals surface area contributed by atoms with E-state index in [0.717, 1.165) is 25.9 Å². The third-order valence-electron chi connectivity index (χ3n) is 5.06. The highest BCUT2D eigenvalue weighted by Crippen LogP contribution is 2.19. The molecule has 2 aliphatic rings. The van der Waals surface area contributed by atoms with Crippen LogP contribution < -0.4 is 0 Å². The Morgan fingerprint density at radius 3 is 2.62 bits per heavy atom. The summed E-state index contributed by atoms with van der Waals surface area (Å²) in [5, 5.41) is 9.01. The SMILES string of the molecule is CC(=O)N(CC(=O)O)C1CCCN(C(=O)C(C)OCC2CCCO2)CC1. The Hall–Kier alpha value is -1.67. The molecule has 0 saturated carbocycles. The predicted octanol–water partition coefficient (Wildman–Crippen LogP) is 0.885. The number of carbonyl (C=O) groups is 3. The summed E-state index contributed by atoms with van der Waals surface area (Å²) in [6, 6.07) is -0.149. The number of carboxylic acid groups (broad SMARTS) is 1. The zero-order chi connectivity index (χ0) is 19.1. The second kappa shape index (κ2) is 9.87. The molecule has 0 aromatic heterocycles. The van der Waals surface area contributed by atoms with Gasteiger partial charge in [-0.25, -0.2) is 0 Å². The maximum atomic E-state index is 12.6. The van der Waals surface area contributed by atoms with Gasteiger partial charge in [-0.1, -0.05) is 0 Å². The third kappa shape index (κ3) is 5.95. The van der Waals surface area contributed by atoms with Crippen molar-refractivity contribution in [3.63, 3.8) is 0 Å². The highest BCUT2D eigenvalue weighted by Gasteiger charge is 2.29. The zero-order valence-electron chi connectivity index (χ0n) is 15.7. The fourth-order valence-corrected chi connectivity index (χ4v) is 3.61. The Balaban J connectivity index is 1.84. The lowest BCUT2D eigenvalue weighted by molar-refractivity contribution is -0.146. The number of carboxylic acids is 1. The molecule has 3 atom stereocenters. The Morgan fingerprint density at radius 2 is 2.00 bits per heavy atom. The molecule has 0 aromatic carbocycles. The van der Waals surface area contributed by atoms with Gasteiger partial charge in [0.15, 0.2) is 0 Å². The Labute approximate surface area is 154 Å². The third-order valence-corrected chi connectivity index (χ3v) is 5.06. The molecule has 0 aromatic rings. The zero-order valence-corrected chi connectivity index (χ0v) is 15.7. The fraction of sp³-hybridized carbons (Fsp3) is 0.833. The first-order valence-corrected chi connectivity index (χ1v) is 9.39. The molecule has 2 fully saturated rings. The van der Waals surface area contributed by atoms with Crippen LogP contribution in [0.15, 0.2) is 0 Å². The molecule has 0 spiro atoms. The molecule has 2 heterocycles. The van der Waals surface area contributed by atoms with Crippen LogP contribution in [-0.2, 0) is 23.9 Å². The number of carbonyl (C=O) groups excluding carboxylic acids is 2. The Kier molecular flexibility index (Phi) is 7.84. The topological polar surface area (TPSA) is 96.4 Å². The first-order chi connectivity index (χ1) is 12.4. The number of aliphatic carboxylic acids is 1. The molecule has 0 radical (unpaired) electrons. The number of likely N-dealkylation sites (tertiary alicyclic amines) is 1. The maximum absolute atomic E-state index is 12.6. The minimum atomic E-state index is -1.02. The van der Waals surface area contributed by atoms with E-state index in [1.54, 1.807) is 11.8 Å². The van der Waals surface area contributed by atoms with E-state index in [1.165, 1.54) is 11.8 Å². The van der Waals surface area contributed by atoms with Crippen LogP contribution in [0.4, 0.5) is 0 Å². The van der Waals surface area contributed by atoms with Crippen LogP contribution in [-0.4, -0.2) is 83.8 Å². The largest absolute Gasteiger partial charge is 0.480 e. The molecule has 2 saturated heterocycles. The van der Waals surface area contributed by atoms with E-state index in [4.69, 9.17) is 14.6 Å². The summed E-state index contributed by atoms with van der Waals surface area (Å²) >= 11 is 0. The van der Waals surface area contributed by atoms with Crippen molar-refractivity contribution >= 4 is 17.8 Å². The van der Waals surface area contributed by atoms with E-state index in [1.807, 2.05) is 0 Å². The van der Waals surface area contributed by atoms with Gasteiger partial charge in [0.2, 0.25) is 5.91 Å². The monoisotopic (exact) mass is 370 g/mol. The number of amides is 2. The van der Waals surface area contributed by atoms with E-state index in [0.29, 0.717) is 32.5 Å². The lowest BCUT2D eigenvalue weighted by Gasteiger charge is -2.29. The molecule has 148 valence electrons. The molecule has 8 nitrogen and oxygen atoms in total. The number of ether oxygens (including phenoxy) is 2. The second-order valence-electron chi connectivity index (χ2n) is 7.06. The van der Waals surface area contributed by atoms with Crippen LogP contribution in [0.3, 0.4) is 0 Å². The van der Waals surface area contributed by atoms with Crippen LogP contribution in [0.25, 0.3) is 0 Å². The smallest absolute Gasteiger partial charge is 0.323 e. The van der Waals surface area contributed by atoms with Gasteiger partial charge < -0.3 is 24.4 Å². The second-order valence-corrected chi connectivity index (χ2v) is 7.06. The summed E-state index contributed by atoms with van der Waals surface area (Å²) < 4.78 is 11.2. The molecule has 8 heteroatoms. The van der Waals surface area contributed by atoms with E-state index >= 15 is 0 Å². The summed E-state index contributed by atoms with van der Waals surface area (Å²) in [5.41, 5.74) is 0. The molecule has 26 heavy (non-hydrogen) atoms. The van der Waals surface area contributed by atoms with Crippen molar-refractivity contribution in [2.24, 2.45) is 0 Å². The van der Waals surface area contributed by atoms with Gasteiger partial charge >= 0.3 is 5.97 Å². The summed E-state index contributed by atoms with van der Waals surface area (Å²) in [7, 11) is 0. The molecule has 2 amide bonds. The first-order valence-electron chi connectivity index (χ1n) is 9.39. The van der Waals surface area contributed by atoms with Gasteiger partial charge in [-0.15, -0.1) is 0 Å². The van der Waals surface area contributed by atoms with Gasteiger partial charge in [-0.3, -0.25) is 14.4 Å². The number of hydrogen-bond donors (Lipinski definition) is 1. The first kappa shape index (κ1) is 20.6. The van der Waals surface area contributed by atoms with Gasteiger partial charge in [0.05, 0.1) is 12.7 Å². The van der Waals surface area contributed by atoms with Crippen molar-refractivity contribution in [3.05, 3.63) is 0 Å². The highest BCUT2D eigenvalue weighted by molar-refractivity contribution is 5.81. The summed E-state index contributed by atoms with van der Waals surface area (Å²) in [5.74, 6) is -1.32. The summed E-state index contributed by atoms with van der Waals surface area (Å²) in [4.78, 5) is 38.6. The van der Waals surface area contributed by atoms with Crippen molar-refractivity contribution in [2.75, 3.05) is 32.8 Å². The van der Waals surface area contributed by atoms with E-state index in [9.17, 15) is 14.4 Å². The predicted molar refractivity (Wildman–Crippen MR) is 93.6 cm³/mol. The van der Waals surface area contributed by atoms with Crippen molar-refractivity contribution in [2.45, 2.75) is 64.2 Å². The molecule has 3 unspecified atom stereocenters. The lowest BCUT2D eigenvalue weighted by atomic mass is 10.1. The minimum Gasteiger partial charge on any atom is -0.480 e. The number of nitrogens with zero attached hydrogens (tertiary/aromatic N) is 2. The quantitative estimate of drug-likeness (QED) is 0.715. The Bertz CT molecular complexity index is 506. The van der Waals surface area contributed by atoms with Crippen LogP contribution in [0.1, 0.15) is 46.0 Å². The van der Waals surface area contributed by atoms with Crippen molar-refractivity contribution in [3.8, 4) is 0 Å². The fourth-order valence-electron chi connectivity index (χ4n) is 3.61. The minimum absolute atomic E-state index is 0.0590. The maximum Gasteiger partial charge on any atom is 0.323 e.